The first kappa shape index (κ1) is 20.5. The first-order chi connectivity index (χ1) is 13.0. The minimum atomic E-state index is -1.23. The van der Waals surface area contributed by atoms with E-state index >= 15 is 0 Å². The van der Waals surface area contributed by atoms with Crippen LogP contribution in [0.25, 0.3) is 0 Å². The zero-order chi connectivity index (χ0) is 19.6. The van der Waals surface area contributed by atoms with Crippen molar-refractivity contribution in [3.05, 3.63) is 41.1 Å². The van der Waals surface area contributed by atoms with Crippen molar-refractivity contribution in [1.82, 2.24) is 4.90 Å². The highest BCUT2D eigenvalue weighted by molar-refractivity contribution is 8.00. The number of fused-ring (bicyclic) bond motifs is 1. The monoisotopic (exact) mass is 413 g/mol. The van der Waals surface area contributed by atoms with Gasteiger partial charge in [0.15, 0.2) is 12.4 Å². The Morgan fingerprint density at radius 1 is 1.33 bits per heavy atom. The first-order valence-corrected chi connectivity index (χ1v) is 10.3. The highest BCUT2D eigenvalue weighted by Crippen LogP contribution is 2.43. The number of rotatable bonds is 8. The van der Waals surface area contributed by atoms with Crippen LogP contribution >= 0.6 is 23.4 Å². The van der Waals surface area contributed by atoms with Crippen LogP contribution < -0.4 is 4.74 Å². The van der Waals surface area contributed by atoms with Crippen LogP contribution in [0.3, 0.4) is 0 Å². The number of carbonyl (C=O) groups is 1. The number of aliphatic hydroxyl groups excluding tert-OH is 1. The average molecular weight is 414 g/mol. The molecule has 0 aromatic heterocycles. The number of benzene rings is 1. The van der Waals surface area contributed by atoms with Crippen LogP contribution in [-0.4, -0.2) is 58.5 Å². The van der Waals surface area contributed by atoms with Crippen molar-refractivity contribution in [1.29, 1.82) is 0 Å². The number of aliphatic hydroxyl groups is 1. The fraction of sp³-hybridized carbons (Fsp3) is 0.526. The molecule has 2 aliphatic rings. The van der Waals surface area contributed by atoms with Gasteiger partial charge in [0.2, 0.25) is 0 Å². The van der Waals surface area contributed by atoms with Crippen LogP contribution in [-0.2, 0) is 20.9 Å². The van der Waals surface area contributed by atoms with E-state index in [9.17, 15) is 9.90 Å². The van der Waals surface area contributed by atoms with Crippen LogP contribution in [0, 0.1) is 0 Å². The number of ether oxygens (including phenoxy) is 3. The van der Waals surface area contributed by atoms with E-state index in [1.165, 1.54) is 0 Å². The summed E-state index contributed by atoms with van der Waals surface area (Å²) < 4.78 is 16.5. The highest BCUT2D eigenvalue weighted by atomic mass is 35.5. The van der Waals surface area contributed by atoms with Crippen molar-refractivity contribution < 1.29 is 24.1 Å². The summed E-state index contributed by atoms with van der Waals surface area (Å²) in [5, 5.41) is 10.5. The second kappa shape index (κ2) is 8.84. The number of methoxy groups -OCH3 is 1. The number of thioether (sulfide) groups is 1. The average Bonchev–Trinajstić information content (AvgIpc) is 2.69. The Balaban J connectivity index is 1.70. The van der Waals surface area contributed by atoms with Crippen molar-refractivity contribution in [2.75, 3.05) is 18.7 Å². The topological polar surface area (TPSA) is 68.2 Å². The number of alkyl halides is 1. The van der Waals surface area contributed by atoms with E-state index in [-0.39, 0.29) is 29.9 Å². The SMILES string of the molecule is COc1ccc(COC(O)C2=C(CCl)CS[C@@H]3[C@@H](OC(C)C)C(=O)N23)cc1. The number of hydrogen-bond donors (Lipinski definition) is 1. The Morgan fingerprint density at radius 2 is 2.04 bits per heavy atom. The van der Waals surface area contributed by atoms with Gasteiger partial charge in [-0.1, -0.05) is 12.1 Å². The number of carbonyl (C=O) groups excluding carboxylic acids is 1. The van der Waals surface area contributed by atoms with E-state index < -0.39 is 12.4 Å². The van der Waals surface area contributed by atoms with Crippen LogP contribution in [0.2, 0.25) is 0 Å². The fourth-order valence-corrected chi connectivity index (χ4v) is 4.77. The Labute approximate surface area is 168 Å². The summed E-state index contributed by atoms with van der Waals surface area (Å²) >= 11 is 7.65. The fourth-order valence-electron chi connectivity index (χ4n) is 3.08. The van der Waals surface area contributed by atoms with Crippen LogP contribution in [0.5, 0.6) is 5.75 Å². The van der Waals surface area contributed by atoms with E-state index in [4.69, 9.17) is 25.8 Å². The van der Waals surface area contributed by atoms with Crippen molar-refractivity contribution >= 4 is 29.3 Å². The maximum absolute atomic E-state index is 12.6. The van der Waals surface area contributed by atoms with Gasteiger partial charge in [-0.25, -0.2) is 0 Å². The summed E-state index contributed by atoms with van der Waals surface area (Å²) in [4.78, 5) is 14.1. The van der Waals surface area contributed by atoms with E-state index in [0.717, 1.165) is 16.9 Å². The van der Waals surface area contributed by atoms with Gasteiger partial charge in [0, 0.05) is 11.6 Å². The van der Waals surface area contributed by atoms with Crippen LogP contribution in [0.15, 0.2) is 35.5 Å². The molecule has 0 spiro atoms. The highest BCUT2D eigenvalue weighted by Gasteiger charge is 2.54. The normalized spacial score (nSPS) is 23.3. The molecule has 1 aromatic rings. The van der Waals surface area contributed by atoms with E-state index in [0.29, 0.717) is 11.4 Å². The first-order valence-electron chi connectivity index (χ1n) is 8.76. The lowest BCUT2D eigenvalue weighted by Gasteiger charge is -2.51. The minimum absolute atomic E-state index is 0.0419. The third-order valence-electron chi connectivity index (χ3n) is 4.43. The molecule has 148 valence electrons. The molecule has 3 rings (SSSR count). The standard InChI is InChI=1S/C19H24ClNO5S/c1-11(2)26-16-17(22)21-15(13(8-20)10-27-18(16)21)19(23)25-9-12-4-6-14(24-3)7-5-12/h4-7,11,16,18-19,23H,8-10H2,1-3H3/t16-,18+,19?/m0/s1. The molecule has 3 atom stereocenters. The molecular formula is C19H24ClNO5S. The molecule has 1 saturated heterocycles. The lowest BCUT2D eigenvalue weighted by atomic mass is 10.0. The van der Waals surface area contributed by atoms with Gasteiger partial charge >= 0.3 is 0 Å². The Kier molecular flexibility index (Phi) is 6.70. The third-order valence-corrected chi connectivity index (χ3v) is 6.06. The van der Waals surface area contributed by atoms with Gasteiger partial charge in [-0.2, -0.15) is 0 Å². The van der Waals surface area contributed by atoms with E-state index in [2.05, 4.69) is 0 Å². The summed E-state index contributed by atoms with van der Waals surface area (Å²) in [5.74, 6) is 1.46. The molecule has 8 heteroatoms. The largest absolute Gasteiger partial charge is 0.497 e. The zero-order valence-corrected chi connectivity index (χ0v) is 17.1. The lowest BCUT2D eigenvalue weighted by Crippen LogP contribution is -2.66. The molecule has 0 bridgehead atoms. The van der Waals surface area contributed by atoms with E-state index in [1.54, 1.807) is 23.8 Å². The Hall–Kier alpha value is -1.25. The minimum Gasteiger partial charge on any atom is -0.497 e. The maximum Gasteiger partial charge on any atom is 0.260 e. The Morgan fingerprint density at radius 3 is 2.63 bits per heavy atom. The van der Waals surface area contributed by atoms with Crippen molar-refractivity contribution in [3.63, 3.8) is 0 Å². The molecule has 2 aliphatic heterocycles. The molecule has 1 amide bonds. The summed E-state index contributed by atoms with van der Waals surface area (Å²) in [6.07, 6.45) is -1.76. The van der Waals surface area contributed by atoms with Gasteiger partial charge in [0.05, 0.1) is 25.5 Å². The predicted octanol–water partition coefficient (Wildman–Crippen LogP) is 2.73. The van der Waals surface area contributed by atoms with Crippen LogP contribution in [0.1, 0.15) is 19.4 Å². The van der Waals surface area contributed by atoms with Crippen LogP contribution in [0.4, 0.5) is 0 Å². The van der Waals surface area contributed by atoms with Gasteiger partial charge in [0.25, 0.3) is 5.91 Å². The van der Waals surface area contributed by atoms with Gasteiger partial charge in [-0.15, -0.1) is 23.4 Å². The molecule has 0 saturated carbocycles. The molecule has 2 heterocycles. The third kappa shape index (κ3) is 4.27. The molecule has 0 aliphatic carbocycles. The summed E-state index contributed by atoms with van der Waals surface area (Å²) in [6, 6.07) is 7.38. The molecule has 1 N–H and O–H groups in total. The van der Waals surface area contributed by atoms with Gasteiger partial charge in [-0.3, -0.25) is 9.69 Å². The molecule has 27 heavy (non-hydrogen) atoms. The predicted molar refractivity (Wildman–Crippen MR) is 105 cm³/mol. The molecule has 0 radical (unpaired) electrons. The summed E-state index contributed by atoms with van der Waals surface area (Å²) in [7, 11) is 1.60. The molecule has 1 unspecified atom stereocenters. The molecular weight excluding hydrogens is 390 g/mol. The molecule has 1 fully saturated rings. The van der Waals surface area contributed by atoms with Crippen molar-refractivity contribution in [2.24, 2.45) is 0 Å². The number of halogens is 1. The van der Waals surface area contributed by atoms with Gasteiger partial charge < -0.3 is 19.3 Å². The molecule has 1 aromatic carbocycles. The maximum atomic E-state index is 12.6. The summed E-state index contributed by atoms with van der Waals surface area (Å²) in [6.45, 7) is 4.00. The quantitative estimate of drug-likeness (QED) is 0.401. The van der Waals surface area contributed by atoms with Gasteiger partial charge in [-0.05, 0) is 37.1 Å². The number of nitrogens with zero attached hydrogens (tertiary/aromatic N) is 1. The van der Waals surface area contributed by atoms with E-state index in [1.807, 2.05) is 38.1 Å². The second-order valence-electron chi connectivity index (χ2n) is 6.65. The smallest absolute Gasteiger partial charge is 0.260 e. The number of β-lactam (4-membered cyclic amide) rings is 1. The summed E-state index contributed by atoms with van der Waals surface area (Å²) in [5.41, 5.74) is 2.15. The molecule has 6 nitrogen and oxygen atoms in total. The lowest BCUT2D eigenvalue weighted by molar-refractivity contribution is -0.174. The Bertz CT molecular complexity index is 709. The van der Waals surface area contributed by atoms with Gasteiger partial charge in [0.1, 0.15) is 11.1 Å². The van der Waals surface area contributed by atoms with Crippen molar-refractivity contribution in [3.8, 4) is 5.75 Å². The zero-order valence-electron chi connectivity index (χ0n) is 15.6. The number of amides is 1. The van der Waals surface area contributed by atoms with Crippen molar-refractivity contribution in [2.45, 2.75) is 44.3 Å². The number of hydrogen-bond acceptors (Lipinski definition) is 6. The second-order valence-corrected chi connectivity index (χ2v) is 8.02.